The zero-order chi connectivity index (χ0) is 26.5. The van der Waals surface area contributed by atoms with E-state index >= 15 is 0 Å². The summed E-state index contributed by atoms with van der Waals surface area (Å²) in [5, 5.41) is 0. The highest BCUT2D eigenvalue weighted by molar-refractivity contribution is 6.04. The molecule has 0 heterocycles. The number of rotatable bonds is 6. The summed E-state index contributed by atoms with van der Waals surface area (Å²) in [6.07, 6.45) is 2.32. The molecule has 0 unspecified atom stereocenters. The van der Waals surface area contributed by atoms with Crippen molar-refractivity contribution in [2.45, 2.75) is 46.3 Å². The Balaban J connectivity index is 0.000000156. The van der Waals surface area contributed by atoms with Crippen molar-refractivity contribution < 1.29 is 19.1 Å². The average Bonchev–Trinajstić information content (AvgIpc) is 3.42. The summed E-state index contributed by atoms with van der Waals surface area (Å²) < 4.78 is 11.5. The Morgan fingerprint density at radius 2 is 1.16 bits per heavy atom. The fourth-order valence-corrected chi connectivity index (χ4v) is 4.92. The van der Waals surface area contributed by atoms with E-state index in [-0.39, 0.29) is 17.0 Å². The lowest BCUT2D eigenvalue weighted by atomic mass is 9.89. The van der Waals surface area contributed by atoms with Gasteiger partial charge in [0, 0.05) is 23.0 Å². The molecule has 4 aromatic rings. The molecule has 0 radical (unpaired) electrons. The van der Waals surface area contributed by atoms with Gasteiger partial charge in [-0.1, -0.05) is 86.6 Å². The molecule has 2 aliphatic rings. The first-order valence-electron chi connectivity index (χ1n) is 13.1. The number of hydrogen-bond acceptors (Lipinski definition) is 4. The molecule has 38 heavy (non-hydrogen) atoms. The van der Waals surface area contributed by atoms with Crippen LogP contribution in [0.2, 0.25) is 0 Å². The van der Waals surface area contributed by atoms with Crippen LogP contribution in [0.4, 0.5) is 0 Å². The van der Waals surface area contributed by atoms with E-state index in [0.717, 1.165) is 57.7 Å². The largest absolute Gasteiger partial charge is 0.489 e. The third kappa shape index (κ3) is 5.86. The molecule has 6 rings (SSSR count). The molecule has 4 nitrogen and oxygen atoms in total. The second-order valence-electron chi connectivity index (χ2n) is 10.5. The third-order valence-electron chi connectivity index (χ3n) is 7.07. The smallest absolute Gasteiger partial charge is 0.169 e. The molecule has 0 saturated heterocycles. The molecule has 0 fully saturated rings. The lowest BCUT2D eigenvalue weighted by Crippen LogP contribution is -2.18. The van der Waals surface area contributed by atoms with Gasteiger partial charge in [-0.25, -0.2) is 0 Å². The van der Waals surface area contributed by atoms with Gasteiger partial charge in [-0.2, -0.15) is 0 Å². The summed E-state index contributed by atoms with van der Waals surface area (Å²) >= 11 is 0. The summed E-state index contributed by atoms with van der Waals surface area (Å²) in [5.74, 6) is 1.99. The van der Waals surface area contributed by atoms with E-state index < -0.39 is 0 Å². The number of carbonyl (C=O) groups excluding carboxylic acids is 2. The van der Waals surface area contributed by atoms with Crippen LogP contribution in [0.3, 0.4) is 0 Å². The predicted molar refractivity (Wildman–Crippen MR) is 149 cm³/mol. The first-order chi connectivity index (χ1) is 18.4. The second-order valence-corrected chi connectivity index (χ2v) is 10.5. The highest BCUT2D eigenvalue weighted by atomic mass is 16.5. The van der Waals surface area contributed by atoms with Gasteiger partial charge in [-0.3, -0.25) is 9.59 Å². The van der Waals surface area contributed by atoms with E-state index in [1.165, 1.54) is 0 Å². The van der Waals surface area contributed by atoms with Crippen LogP contribution in [0.5, 0.6) is 11.5 Å². The monoisotopic (exact) mass is 504 g/mol. The van der Waals surface area contributed by atoms with E-state index in [0.29, 0.717) is 19.6 Å². The van der Waals surface area contributed by atoms with Gasteiger partial charge in [0.25, 0.3) is 0 Å². The van der Waals surface area contributed by atoms with Crippen LogP contribution < -0.4 is 9.47 Å². The summed E-state index contributed by atoms with van der Waals surface area (Å²) in [6.45, 7) is 5.06. The maximum atomic E-state index is 12.3. The van der Waals surface area contributed by atoms with Gasteiger partial charge in [0.15, 0.2) is 11.6 Å². The Hall–Kier alpha value is -4.18. The van der Waals surface area contributed by atoms with Crippen molar-refractivity contribution in [2.75, 3.05) is 0 Å². The molecule has 0 amide bonds. The molecular formula is C34H32O4. The Morgan fingerprint density at radius 3 is 1.74 bits per heavy atom. The minimum absolute atomic E-state index is 0.220. The van der Waals surface area contributed by atoms with Crippen LogP contribution in [0.25, 0.3) is 0 Å². The lowest BCUT2D eigenvalue weighted by molar-refractivity contribution is 0.0863. The van der Waals surface area contributed by atoms with Gasteiger partial charge >= 0.3 is 0 Å². The molecule has 0 aliphatic heterocycles. The maximum Gasteiger partial charge on any atom is 0.169 e. The Kier molecular flexibility index (Phi) is 7.41. The summed E-state index contributed by atoms with van der Waals surface area (Å²) in [6, 6.07) is 31.7. The number of aryl methyl sites for hydroxylation is 1. The molecule has 0 spiro atoms. The van der Waals surface area contributed by atoms with Crippen LogP contribution in [-0.4, -0.2) is 11.6 Å². The maximum absolute atomic E-state index is 12.3. The van der Waals surface area contributed by atoms with E-state index in [1.807, 2.05) is 111 Å². The molecule has 4 aromatic carbocycles. The molecule has 0 saturated carbocycles. The minimum atomic E-state index is -0.277. The predicted octanol–water partition coefficient (Wildman–Crippen LogP) is 7.43. The van der Waals surface area contributed by atoms with Gasteiger partial charge in [0.05, 0.1) is 0 Å². The number of benzene rings is 4. The van der Waals surface area contributed by atoms with E-state index in [2.05, 4.69) is 0 Å². The molecule has 0 N–H and O–H groups in total. The fraction of sp³-hybridized carbons (Fsp3) is 0.235. The van der Waals surface area contributed by atoms with Gasteiger partial charge in [-0.05, 0) is 59.4 Å². The highest BCUT2D eigenvalue weighted by Gasteiger charge is 2.37. The molecule has 0 aromatic heterocycles. The standard InChI is InChI=1S/C18H18O2.C16H14O2/c1-18(2)11-14-8-9-15(10-16(14)17(18)19)20-12-13-6-4-3-5-7-13;17-16-9-7-13-6-8-14(10-15(13)16)18-11-12-4-2-1-3-5-12/h3-10H,11-12H2,1-2H3;1-6,8,10H,7,9,11H2. The first-order valence-corrected chi connectivity index (χ1v) is 13.1. The Morgan fingerprint density at radius 1 is 0.632 bits per heavy atom. The van der Waals surface area contributed by atoms with Crippen LogP contribution in [0, 0.1) is 5.41 Å². The second kappa shape index (κ2) is 11.1. The first kappa shape index (κ1) is 25.5. The normalized spacial score (nSPS) is 14.8. The quantitative estimate of drug-likeness (QED) is 0.274. The summed E-state index contributed by atoms with van der Waals surface area (Å²) in [4.78, 5) is 23.9. The number of ketones is 2. The molecule has 0 bridgehead atoms. The third-order valence-corrected chi connectivity index (χ3v) is 7.07. The van der Waals surface area contributed by atoms with Crippen LogP contribution in [-0.2, 0) is 26.1 Å². The van der Waals surface area contributed by atoms with Crippen molar-refractivity contribution in [2.24, 2.45) is 5.41 Å². The highest BCUT2D eigenvalue weighted by Crippen LogP contribution is 2.37. The molecule has 2 aliphatic carbocycles. The topological polar surface area (TPSA) is 52.6 Å². The minimum Gasteiger partial charge on any atom is -0.489 e. The van der Waals surface area contributed by atoms with E-state index in [4.69, 9.17) is 9.47 Å². The SMILES string of the molecule is CC1(C)Cc2ccc(OCc3ccccc3)cc2C1=O.O=C1CCc2ccc(OCc3ccccc3)cc21. The Bertz CT molecular complexity index is 1440. The Labute approximate surface area is 224 Å². The summed E-state index contributed by atoms with van der Waals surface area (Å²) in [7, 11) is 0. The van der Waals surface area contributed by atoms with Crippen molar-refractivity contribution in [3.8, 4) is 11.5 Å². The van der Waals surface area contributed by atoms with Gasteiger partial charge in [0.2, 0.25) is 0 Å². The van der Waals surface area contributed by atoms with Crippen LogP contribution >= 0.6 is 0 Å². The zero-order valence-electron chi connectivity index (χ0n) is 21.9. The lowest BCUT2D eigenvalue weighted by Gasteiger charge is -2.13. The van der Waals surface area contributed by atoms with Crippen molar-refractivity contribution in [1.82, 2.24) is 0 Å². The number of fused-ring (bicyclic) bond motifs is 2. The molecular weight excluding hydrogens is 472 g/mol. The van der Waals surface area contributed by atoms with Crippen LogP contribution in [0.1, 0.15) is 63.2 Å². The van der Waals surface area contributed by atoms with Gasteiger partial charge < -0.3 is 9.47 Å². The van der Waals surface area contributed by atoms with Gasteiger partial charge in [-0.15, -0.1) is 0 Å². The molecule has 4 heteroatoms. The van der Waals surface area contributed by atoms with Crippen molar-refractivity contribution >= 4 is 11.6 Å². The molecule has 0 atom stereocenters. The number of Topliss-reactive ketones (excluding diaryl/α,β-unsaturated/α-hetero) is 2. The van der Waals surface area contributed by atoms with Crippen molar-refractivity contribution in [3.63, 3.8) is 0 Å². The van der Waals surface area contributed by atoms with E-state index in [1.54, 1.807) is 0 Å². The van der Waals surface area contributed by atoms with Crippen molar-refractivity contribution in [1.29, 1.82) is 0 Å². The zero-order valence-corrected chi connectivity index (χ0v) is 21.9. The number of carbonyl (C=O) groups is 2. The number of ether oxygens (including phenoxy) is 2. The van der Waals surface area contributed by atoms with Crippen molar-refractivity contribution in [3.05, 3.63) is 130 Å². The van der Waals surface area contributed by atoms with Gasteiger partial charge in [0.1, 0.15) is 24.7 Å². The number of hydrogen-bond donors (Lipinski definition) is 0. The molecule has 192 valence electrons. The van der Waals surface area contributed by atoms with Crippen LogP contribution in [0.15, 0.2) is 97.1 Å². The van der Waals surface area contributed by atoms with E-state index in [9.17, 15) is 9.59 Å². The summed E-state index contributed by atoms with van der Waals surface area (Å²) in [5.41, 5.74) is 5.91. The average molecular weight is 505 g/mol. The fourth-order valence-electron chi connectivity index (χ4n) is 4.92.